The van der Waals surface area contributed by atoms with Crippen LogP contribution in [-0.2, 0) is 9.84 Å². The lowest BCUT2D eigenvalue weighted by Gasteiger charge is -2.07. The summed E-state index contributed by atoms with van der Waals surface area (Å²) in [5, 5.41) is 10.5. The van der Waals surface area contributed by atoms with Crippen LogP contribution in [0, 0.1) is 10.7 Å². The summed E-state index contributed by atoms with van der Waals surface area (Å²) in [7, 11) is -1.77. The minimum Gasteiger partial charge on any atom is -0.496 e. The highest BCUT2D eigenvalue weighted by Crippen LogP contribution is 2.31. The molecule has 0 radical (unpaired) electrons. The Bertz CT molecular complexity index is 517. The van der Waals surface area contributed by atoms with E-state index in [4.69, 9.17) is 10.00 Å². The predicted molar refractivity (Wildman–Crippen MR) is 62.2 cm³/mol. The number of benzene rings is 1. The van der Waals surface area contributed by atoms with Gasteiger partial charge in [0.05, 0.1) is 22.7 Å². The maximum atomic E-state index is 11.6. The van der Waals surface area contributed by atoms with Crippen molar-refractivity contribution in [1.82, 2.24) is 0 Å². The van der Waals surface area contributed by atoms with Crippen molar-refractivity contribution >= 4 is 21.6 Å². The second-order valence-corrected chi connectivity index (χ2v) is 6.01. The molecular weight excluding hydrogens is 246 g/mol. The van der Waals surface area contributed by atoms with Crippen LogP contribution in [0.15, 0.2) is 28.0 Å². The lowest BCUT2D eigenvalue weighted by Crippen LogP contribution is -2.03. The highest BCUT2D eigenvalue weighted by Gasteiger charge is 2.14. The number of rotatable bonds is 4. The van der Waals surface area contributed by atoms with Gasteiger partial charge in [0.2, 0.25) is 0 Å². The molecule has 4 nitrogen and oxygen atoms in total. The molecule has 1 aromatic carbocycles. The van der Waals surface area contributed by atoms with Crippen molar-refractivity contribution in [2.75, 3.05) is 12.9 Å². The number of thiocyanates is 1. The molecule has 0 saturated carbocycles. The van der Waals surface area contributed by atoms with E-state index in [0.29, 0.717) is 10.6 Å². The Balaban J connectivity index is 3.28. The van der Waals surface area contributed by atoms with E-state index in [1.54, 1.807) is 13.0 Å². The van der Waals surface area contributed by atoms with Crippen molar-refractivity contribution < 1.29 is 13.2 Å². The zero-order valence-corrected chi connectivity index (χ0v) is 10.6. The SMILES string of the molecule is CCS(=O)(=O)c1ccc(OC)c(SC#N)c1. The Morgan fingerprint density at radius 1 is 1.50 bits per heavy atom. The van der Waals surface area contributed by atoms with Gasteiger partial charge >= 0.3 is 0 Å². The molecule has 6 heteroatoms. The van der Waals surface area contributed by atoms with E-state index in [-0.39, 0.29) is 10.6 Å². The first-order chi connectivity index (χ1) is 7.55. The zero-order chi connectivity index (χ0) is 12.2. The lowest BCUT2D eigenvalue weighted by molar-refractivity contribution is 0.404. The molecule has 0 saturated heterocycles. The highest BCUT2D eigenvalue weighted by molar-refractivity contribution is 8.03. The molecule has 0 amide bonds. The summed E-state index contributed by atoms with van der Waals surface area (Å²) < 4.78 is 28.3. The normalized spacial score (nSPS) is 10.8. The van der Waals surface area contributed by atoms with Gasteiger partial charge in [0, 0.05) is 0 Å². The maximum Gasteiger partial charge on any atom is 0.178 e. The molecule has 1 aromatic rings. The summed E-state index contributed by atoms with van der Waals surface area (Å²) in [4.78, 5) is 0.730. The van der Waals surface area contributed by atoms with Crippen LogP contribution in [0.3, 0.4) is 0 Å². The number of sulfone groups is 1. The Kier molecular flexibility index (Phi) is 4.21. The molecule has 0 aliphatic heterocycles. The average Bonchev–Trinajstić information content (AvgIpc) is 2.29. The molecule has 0 heterocycles. The van der Waals surface area contributed by atoms with Crippen molar-refractivity contribution in [3.8, 4) is 11.2 Å². The summed E-state index contributed by atoms with van der Waals surface area (Å²) in [6, 6.07) is 4.51. The molecule has 0 aliphatic rings. The van der Waals surface area contributed by atoms with Gasteiger partial charge < -0.3 is 4.74 Å². The minimum atomic E-state index is -3.24. The number of nitriles is 1. The third-order valence-corrected chi connectivity index (χ3v) is 4.39. The largest absolute Gasteiger partial charge is 0.496 e. The maximum absolute atomic E-state index is 11.6. The van der Waals surface area contributed by atoms with Crippen molar-refractivity contribution in [1.29, 1.82) is 5.26 Å². The summed E-state index contributed by atoms with van der Waals surface area (Å²) in [5.41, 5.74) is 0. The lowest BCUT2D eigenvalue weighted by atomic mass is 10.3. The van der Waals surface area contributed by atoms with E-state index in [2.05, 4.69) is 0 Å². The van der Waals surface area contributed by atoms with Gasteiger partial charge in [-0.3, -0.25) is 0 Å². The van der Waals surface area contributed by atoms with Crippen LogP contribution in [0.25, 0.3) is 0 Å². The third kappa shape index (κ3) is 2.68. The molecular formula is C10H11NO3S2. The Labute approximate surface area is 99.1 Å². The molecule has 0 bridgehead atoms. The van der Waals surface area contributed by atoms with Crippen molar-refractivity contribution in [3.05, 3.63) is 18.2 Å². The second kappa shape index (κ2) is 5.23. The van der Waals surface area contributed by atoms with E-state index < -0.39 is 9.84 Å². The van der Waals surface area contributed by atoms with Crippen LogP contribution >= 0.6 is 11.8 Å². The van der Waals surface area contributed by atoms with Crippen LogP contribution in [0.5, 0.6) is 5.75 Å². The van der Waals surface area contributed by atoms with Gasteiger partial charge in [-0.1, -0.05) is 6.92 Å². The van der Waals surface area contributed by atoms with Crippen molar-refractivity contribution in [2.45, 2.75) is 16.7 Å². The topological polar surface area (TPSA) is 67.2 Å². The van der Waals surface area contributed by atoms with Crippen LogP contribution in [0.4, 0.5) is 0 Å². The Morgan fingerprint density at radius 3 is 2.69 bits per heavy atom. The second-order valence-electron chi connectivity index (χ2n) is 2.91. The fraction of sp³-hybridized carbons (Fsp3) is 0.300. The predicted octanol–water partition coefficient (Wildman–Crippen LogP) is 2.06. The molecule has 16 heavy (non-hydrogen) atoms. The van der Waals surface area contributed by atoms with Gasteiger partial charge in [0.25, 0.3) is 0 Å². The number of hydrogen-bond donors (Lipinski definition) is 0. The molecule has 0 unspecified atom stereocenters. The summed E-state index contributed by atoms with van der Waals surface area (Å²) >= 11 is 0.883. The molecule has 0 spiro atoms. The van der Waals surface area contributed by atoms with Crippen molar-refractivity contribution in [3.63, 3.8) is 0 Å². The number of ether oxygens (including phenoxy) is 1. The van der Waals surface area contributed by atoms with Gasteiger partial charge in [-0.25, -0.2) is 8.42 Å². The zero-order valence-electron chi connectivity index (χ0n) is 8.93. The standard InChI is InChI=1S/C10H11NO3S2/c1-3-16(12,13)8-4-5-9(14-2)10(6-8)15-7-11/h4-6H,3H2,1-2H3. The molecule has 0 atom stereocenters. The van der Waals surface area contributed by atoms with Crippen LogP contribution in [0.1, 0.15) is 6.92 Å². The van der Waals surface area contributed by atoms with E-state index in [1.165, 1.54) is 19.2 Å². The average molecular weight is 257 g/mol. The third-order valence-electron chi connectivity index (χ3n) is 2.03. The van der Waals surface area contributed by atoms with E-state index in [0.717, 1.165) is 11.8 Å². The quantitative estimate of drug-likeness (QED) is 0.610. The van der Waals surface area contributed by atoms with E-state index in [1.807, 2.05) is 5.40 Å². The first-order valence-electron chi connectivity index (χ1n) is 4.52. The summed E-state index contributed by atoms with van der Waals surface area (Å²) in [6.45, 7) is 1.58. The highest BCUT2D eigenvalue weighted by atomic mass is 32.2. The number of thioether (sulfide) groups is 1. The van der Waals surface area contributed by atoms with Gasteiger partial charge in [-0.15, -0.1) is 0 Å². The summed E-state index contributed by atoms with van der Waals surface area (Å²) in [6.07, 6.45) is 0. The fourth-order valence-corrected chi connectivity index (χ4v) is 2.66. The first kappa shape index (κ1) is 12.9. The van der Waals surface area contributed by atoms with Crippen LogP contribution in [0.2, 0.25) is 0 Å². The van der Waals surface area contributed by atoms with E-state index in [9.17, 15) is 8.42 Å². The molecule has 86 valence electrons. The van der Waals surface area contributed by atoms with Crippen LogP contribution in [-0.4, -0.2) is 21.3 Å². The number of methoxy groups -OCH3 is 1. The van der Waals surface area contributed by atoms with Crippen LogP contribution < -0.4 is 4.74 Å². The monoisotopic (exact) mass is 257 g/mol. The molecule has 0 fully saturated rings. The first-order valence-corrected chi connectivity index (χ1v) is 6.98. The van der Waals surface area contributed by atoms with E-state index >= 15 is 0 Å². The van der Waals surface area contributed by atoms with Crippen molar-refractivity contribution in [2.24, 2.45) is 0 Å². The fourth-order valence-electron chi connectivity index (χ4n) is 1.15. The van der Waals surface area contributed by atoms with Gasteiger partial charge in [-0.05, 0) is 30.0 Å². The van der Waals surface area contributed by atoms with Gasteiger partial charge in [-0.2, -0.15) is 5.26 Å². The minimum absolute atomic E-state index is 0.0377. The Morgan fingerprint density at radius 2 is 2.19 bits per heavy atom. The van der Waals surface area contributed by atoms with Gasteiger partial charge in [0.1, 0.15) is 11.2 Å². The number of nitrogens with zero attached hydrogens (tertiary/aromatic N) is 1. The Hall–Kier alpha value is -1.19. The van der Waals surface area contributed by atoms with Gasteiger partial charge in [0.15, 0.2) is 9.84 Å². The molecule has 1 rings (SSSR count). The smallest absolute Gasteiger partial charge is 0.178 e. The number of hydrogen-bond acceptors (Lipinski definition) is 5. The molecule has 0 N–H and O–H groups in total. The molecule has 0 aliphatic carbocycles. The summed E-state index contributed by atoms with van der Waals surface area (Å²) in [5.74, 6) is 0.539. The molecule has 0 aromatic heterocycles.